The Labute approximate surface area is 222 Å². The van der Waals surface area contributed by atoms with Crippen molar-refractivity contribution in [3.63, 3.8) is 0 Å². The van der Waals surface area contributed by atoms with Gasteiger partial charge in [-0.1, -0.05) is 58.0 Å². The first-order valence-electron chi connectivity index (χ1n) is 13.6. The first-order valence-corrected chi connectivity index (χ1v) is 13.6. The molecule has 3 rings (SSSR count). The van der Waals surface area contributed by atoms with Crippen LogP contribution in [0.3, 0.4) is 0 Å². The Bertz CT molecular complexity index is 1030. The van der Waals surface area contributed by atoms with E-state index in [1.807, 2.05) is 37.3 Å². The predicted molar refractivity (Wildman–Crippen MR) is 146 cm³/mol. The largest absolute Gasteiger partial charge is 0.469 e. The first kappa shape index (κ1) is 29.0. The lowest BCUT2D eigenvalue weighted by atomic mass is 9.70. The first-order chi connectivity index (χ1) is 17.6. The number of aromatic nitrogens is 1. The summed E-state index contributed by atoms with van der Waals surface area (Å²) in [6, 6.07) is 14.1. The summed E-state index contributed by atoms with van der Waals surface area (Å²) in [5.74, 6) is -0.298. The fourth-order valence-electron chi connectivity index (χ4n) is 5.71. The number of ether oxygens (including phenoxy) is 1. The summed E-state index contributed by atoms with van der Waals surface area (Å²) >= 11 is 0. The van der Waals surface area contributed by atoms with E-state index in [0.717, 1.165) is 18.4 Å². The van der Waals surface area contributed by atoms with Crippen LogP contribution in [0.25, 0.3) is 0 Å². The van der Waals surface area contributed by atoms with E-state index in [9.17, 15) is 9.59 Å². The lowest BCUT2D eigenvalue weighted by molar-refractivity contribution is -0.320. The van der Waals surface area contributed by atoms with Crippen molar-refractivity contribution < 1.29 is 19.2 Å². The summed E-state index contributed by atoms with van der Waals surface area (Å²) in [6.07, 6.45) is 6.21. The molecule has 0 amide bonds. The lowest BCUT2D eigenvalue weighted by Crippen LogP contribution is -2.66. The molecule has 6 heteroatoms. The minimum Gasteiger partial charge on any atom is -0.469 e. The number of carbonyl (C=O) groups is 2. The molecule has 1 aliphatic rings. The smallest absolute Gasteiger partial charge is 0.308 e. The molecule has 0 N–H and O–H groups in total. The molecule has 37 heavy (non-hydrogen) atoms. The lowest BCUT2D eigenvalue weighted by Gasteiger charge is -2.56. The van der Waals surface area contributed by atoms with Crippen LogP contribution >= 0.6 is 0 Å². The molecule has 6 atom stereocenters. The molecule has 6 unspecified atom stereocenters. The molecular weight excluding hydrogens is 464 g/mol. The van der Waals surface area contributed by atoms with Crippen molar-refractivity contribution in [2.45, 2.75) is 96.7 Å². The molecule has 0 saturated carbocycles. The molecule has 1 aliphatic heterocycles. The van der Waals surface area contributed by atoms with Gasteiger partial charge >= 0.3 is 5.97 Å². The summed E-state index contributed by atoms with van der Waals surface area (Å²) < 4.78 is 5.27. The van der Waals surface area contributed by atoms with Crippen molar-refractivity contribution in [3.8, 4) is 0 Å². The Morgan fingerprint density at radius 2 is 1.70 bits per heavy atom. The van der Waals surface area contributed by atoms with Crippen molar-refractivity contribution in [2.24, 2.45) is 11.8 Å². The summed E-state index contributed by atoms with van der Waals surface area (Å²) in [4.78, 5) is 37.3. The number of Topliss-reactive ketones (excluding diaryl/α,β-unsaturated/α-hetero) is 1. The minimum atomic E-state index is -0.469. The van der Waals surface area contributed by atoms with Crippen molar-refractivity contribution in [3.05, 3.63) is 66.0 Å². The summed E-state index contributed by atoms with van der Waals surface area (Å²) in [6.45, 7) is 12.6. The normalized spacial score (nSPS) is 26.9. The molecule has 202 valence electrons. The van der Waals surface area contributed by atoms with Gasteiger partial charge in [0.2, 0.25) is 0 Å². The SMILES string of the molecule is CCC1(C)CC(=O)C(C)C(C)(CC)N1OC(CC(CC(C)c1ccccc1)C(=O)OC)c1ccncc1. The van der Waals surface area contributed by atoms with Crippen LogP contribution in [0.2, 0.25) is 0 Å². The molecule has 0 bridgehead atoms. The number of benzene rings is 1. The van der Waals surface area contributed by atoms with E-state index in [0.29, 0.717) is 19.3 Å². The molecule has 0 radical (unpaired) electrons. The molecule has 1 aromatic heterocycles. The standard InChI is InChI=1S/C31H44N2O4/c1-8-30(5)21-27(34)23(4)31(6,9-2)33(30)37-28(25-15-17-32-18-16-25)20-26(29(35)36-7)19-22(3)24-13-11-10-12-14-24/h10-18,22-23,26,28H,8-9,19-21H2,1-7H3. The summed E-state index contributed by atoms with van der Waals surface area (Å²) in [7, 11) is 1.45. The van der Waals surface area contributed by atoms with E-state index >= 15 is 0 Å². The van der Waals surface area contributed by atoms with Crippen LogP contribution < -0.4 is 0 Å². The number of piperidine rings is 1. The van der Waals surface area contributed by atoms with Crippen LogP contribution in [0.4, 0.5) is 0 Å². The molecule has 1 fully saturated rings. The van der Waals surface area contributed by atoms with Crippen molar-refractivity contribution >= 4 is 11.8 Å². The Balaban J connectivity index is 1.98. The van der Waals surface area contributed by atoms with Gasteiger partial charge in [-0.25, -0.2) is 0 Å². The monoisotopic (exact) mass is 508 g/mol. The maximum atomic E-state index is 13.1. The van der Waals surface area contributed by atoms with E-state index in [1.54, 1.807) is 12.4 Å². The van der Waals surface area contributed by atoms with Crippen LogP contribution in [-0.2, 0) is 19.2 Å². The van der Waals surface area contributed by atoms with Crippen LogP contribution in [0, 0.1) is 11.8 Å². The second kappa shape index (κ2) is 12.3. The van der Waals surface area contributed by atoms with E-state index in [4.69, 9.17) is 9.57 Å². The van der Waals surface area contributed by atoms with Crippen LogP contribution in [0.5, 0.6) is 0 Å². The third-order valence-electron chi connectivity index (χ3n) is 8.75. The van der Waals surface area contributed by atoms with Crippen LogP contribution in [0.15, 0.2) is 54.9 Å². The van der Waals surface area contributed by atoms with Crippen LogP contribution in [-0.4, -0.2) is 40.0 Å². The average molecular weight is 509 g/mol. The molecule has 0 spiro atoms. The molecule has 6 nitrogen and oxygen atoms in total. The number of esters is 1. The molecular formula is C31H44N2O4. The van der Waals surface area contributed by atoms with Gasteiger partial charge in [-0.2, -0.15) is 5.06 Å². The van der Waals surface area contributed by atoms with Gasteiger partial charge in [0, 0.05) is 24.7 Å². The second-order valence-corrected chi connectivity index (χ2v) is 11.1. The molecule has 1 saturated heterocycles. The highest BCUT2D eigenvalue weighted by molar-refractivity contribution is 5.84. The number of ketones is 1. The van der Waals surface area contributed by atoms with E-state index in [-0.39, 0.29) is 29.5 Å². The number of pyridine rings is 1. The Morgan fingerprint density at radius 3 is 2.27 bits per heavy atom. The van der Waals surface area contributed by atoms with Gasteiger partial charge in [0.25, 0.3) is 0 Å². The number of nitrogens with zero attached hydrogens (tertiary/aromatic N) is 2. The summed E-state index contributed by atoms with van der Waals surface area (Å²) in [5, 5.41) is 2.10. The quantitative estimate of drug-likeness (QED) is 0.316. The van der Waals surface area contributed by atoms with Gasteiger partial charge < -0.3 is 4.74 Å². The number of rotatable bonds is 11. The topological polar surface area (TPSA) is 68.7 Å². The number of hydrogen-bond donors (Lipinski definition) is 0. The Morgan fingerprint density at radius 1 is 1.05 bits per heavy atom. The van der Waals surface area contributed by atoms with E-state index in [2.05, 4.69) is 56.8 Å². The van der Waals surface area contributed by atoms with Crippen LogP contribution in [0.1, 0.15) is 96.8 Å². The maximum absolute atomic E-state index is 13.1. The van der Waals surface area contributed by atoms with Gasteiger partial charge in [0.15, 0.2) is 0 Å². The molecule has 1 aromatic carbocycles. The van der Waals surface area contributed by atoms with Gasteiger partial charge in [0.1, 0.15) is 11.9 Å². The maximum Gasteiger partial charge on any atom is 0.308 e. The van der Waals surface area contributed by atoms with Gasteiger partial charge in [-0.3, -0.25) is 19.4 Å². The minimum absolute atomic E-state index is 0.162. The number of hydrogen-bond acceptors (Lipinski definition) is 6. The molecule has 2 heterocycles. The van der Waals surface area contributed by atoms with Crippen molar-refractivity contribution in [1.29, 1.82) is 0 Å². The van der Waals surface area contributed by atoms with Gasteiger partial charge in [-0.05, 0) is 68.7 Å². The third-order valence-corrected chi connectivity index (χ3v) is 8.75. The highest BCUT2D eigenvalue weighted by Gasteiger charge is 2.54. The van der Waals surface area contributed by atoms with E-state index in [1.165, 1.54) is 12.7 Å². The molecule has 2 aromatic rings. The third kappa shape index (κ3) is 6.29. The Kier molecular flexibility index (Phi) is 9.65. The fourth-order valence-corrected chi connectivity index (χ4v) is 5.71. The van der Waals surface area contributed by atoms with Crippen molar-refractivity contribution in [2.75, 3.05) is 7.11 Å². The van der Waals surface area contributed by atoms with Crippen molar-refractivity contribution in [1.82, 2.24) is 10.0 Å². The number of hydroxylamine groups is 2. The predicted octanol–water partition coefficient (Wildman–Crippen LogP) is 6.68. The zero-order valence-corrected chi connectivity index (χ0v) is 23.6. The van der Waals surface area contributed by atoms with E-state index < -0.39 is 17.2 Å². The average Bonchev–Trinajstić information content (AvgIpc) is 2.93. The highest BCUT2D eigenvalue weighted by atomic mass is 16.7. The number of methoxy groups -OCH3 is 1. The zero-order valence-electron chi connectivity index (χ0n) is 23.6. The highest BCUT2D eigenvalue weighted by Crippen LogP contribution is 2.46. The summed E-state index contributed by atoms with van der Waals surface area (Å²) in [5.41, 5.74) is 1.23. The van der Waals surface area contributed by atoms with Gasteiger partial charge in [-0.15, -0.1) is 0 Å². The Hall–Kier alpha value is -2.57. The zero-order chi connectivity index (χ0) is 27.2. The fraction of sp³-hybridized carbons (Fsp3) is 0.581. The second-order valence-electron chi connectivity index (χ2n) is 11.1. The number of carbonyl (C=O) groups excluding carboxylic acids is 2. The molecule has 0 aliphatic carbocycles. The van der Waals surface area contributed by atoms with Gasteiger partial charge in [0.05, 0.1) is 24.1 Å².